The summed E-state index contributed by atoms with van der Waals surface area (Å²) >= 11 is 0. The third kappa shape index (κ3) is 4.66. The van der Waals surface area contributed by atoms with Crippen LogP contribution in [0.2, 0.25) is 0 Å². The van der Waals surface area contributed by atoms with Crippen molar-refractivity contribution in [3.05, 3.63) is 35.4 Å². The first-order valence-corrected chi connectivity index (χ1v) is 6.35. The van der Waals surface area contributed by atoms with Gasteiger partial charge in [-0.15, -0.1) is 12.4 Å². The summed E-state index contributed by atoms with van der Waals surface area (Å²) in [5.41, 5.74) is 2.88. The molecule has 0 radical (unpaired) electrons. The monoisotopic (exact) mass is 254 g/mol. The van der Waals surface area contributed by atoms with Crippen LogP contribution in [-0.4, -0.2) is 25.7 Å². The van der Waals surface area contributed by atoms with E-state index in [1.807, 2.05) is 0 Å². The molecule has 2 rings (SSSR count). The van der Waals surface area contributed by atoms with Crippen molar-refractivity contribution in [1.29, 1.82) is 0 Å². The van der Waals surface area contributed by atoms with Gasteiger partial charge in [-0.25, -0.2) is 0 Å². The van der Waals surface area contributed by atoms with Crippen molar-refractivity contribution in [2.24, 2.45) is 0 Å². The fourth-order valence-electron chi connectivity index (χ4n) is 2.33. The van der Waals surface area contributed by atoms with E-state index in [0.29, 0.717) is 6.04 Å². The molecule has 1 aromatic carbocycles. The molecule has 0 spiro atoms. The predicted molar refractivity (Wildman–Crippen MR) is 76.0 cm³/mol. The first kappa shape index (κ1) is 14.5. The lowest BCUT2D eigenvalue weighted by Crippen LogP contribution is -2.43. The Morgan fingerprint density at radius 2 is 2.18 bits per heavy atom. The normalized spacial score (nSPS) is 19.7. The topological polar surface area (TPSA) is 24.1 Å². The van der Waals surface area contributed by atoms with Crippen LogP contribution in [0.4, 0.5) is 0 Å². The van der Waals surface area contributed by atoms with E-state index in [2.05, 4.69) is 41.8 Å². The molecule has 3 heteroatoms. The van der Waals surface area contributed by atoms with Gasteiger partial charge in [-0.1, -0.05) is 24.3 Å². The smallest absolute Gasteiger partial charge is 0.0193 e. The maximum Gasteiger partial charge on any atom is 0.0193 e. The minimum absolute atomic E-state index is 0. The highest BCUT2D eigenvalue weighted by Crippen LogP contribution is 2.07. The number of hydrogen-bond acceptors (Lipinski definition) is 2. The second-order valence-electron chi connectivity index (χ2n) is 4.67. The first-order chi connectivity index (χ1) is 7.86. The molecular weight excluding hydrogens is 232 g/mol. The van der Waals surface area contributed by atoms with Gasteiger partial charge in [0, 0.05) is 12.6 Å². The number of halogens is 1. The average Bonchev–Trinajstić information content (AvgIpc) is 2.33. The SMILES string of the molecule is Cc1ccccc1CCNC1CCCNC1.Cl. The molecule has 2 N–H and O–H groups in total. The number of aryl methyl sites for hydroxylation is 1. The van der Waals surface area contributed by atoms with E-state index in [1.165, 1.54) is 30.5 Å². The minimum Gasteiger partial charge on any atom is -0.315 e. The lowest BCUT2D eigenvalue weighted by Gasteiger charge is -2.24. The molecule has 0 aromatic heterocycles. The molecule has 1 saturated heterocycles. The van der Waals surface area contributed by atoms with Crippen molar-refractivity contribution in [2.45, 2.75) is 32.2 Å². The molecule has 17 heavy (non-hydrogen) atoms. The summed E-state index contributed by atoms with van der Waals surface area (Å²) in [6, 6.07) is 9.34. The summed E-state index contributed by atoms with van der Waals surface area (Å²) in [7, 11) is 0. The van der Waals surface area contributed by atoms with Gasteiger partial charge in [-0.3, -0.25) is 0 Å². The fraction of sp³-hybridized carbons (Fsp3) is 0.571. The van der Waals surface area contributed by atoms with Crippen molar-refractivity contribution in [3.63, 3.8) is 0 Å². The molecule has 1 fully saturated rings. The van der Waals surface area contributed by atoms with Crippen molar-refractivity contribution >= 4 is 12.4 Å². The van der Waals surface area contributed by atoms with Crippen LogP contribution in [0.1, 0.15) is 24.0 Å². The van der Waals surface area contributed by atoms with Crippen molar-refractivity contribution in [1.82, 2.24) is 10.6 Å². The van der Waals surface area contributed by atoms with Gasteiger partial charge in [-0.2, -0.15) is 0 Å². The minimum atomic E-state index is 0. The number of piperidine rings is 1. The summed E-state index contributed by atoms with van der Waals surface area (Å²) in [4.78, 5) is 0. The summed E-state index contributed by atoms with van der Waals surface area (Å²) in [6.07, 6.45) is 3.77. The molecule has 1 unspecified atom stereocenters. The van der Waals surface area contributed by atoms with Crippen molar-refractivity contribution in [2.75, 3.05) is 19.6 Å². The Kier molecular flexibility index (Phi) is 6.56. The Hall–Kier alpha value is -0.570. The number of nitrogens with one attached hydrogen (secondary N) is 2. The number of hydrogen-bond donors (Lipinski definition) is 2. The Morgan fingerprint density at radius 3 is 2.88 bits per heavy atom. The summed E-state index contributed by atoms with van der Waals surface area (Å²) < 4.78 is 0. The molecule has 0 amide bonds. The Bertz CT molecular complexity index is 322. The van der Waals surface area contributed by atoms with E-state index in [0.717, 1.165) is 19.5 Å². The molecule has 1 heterocycles. The maximum absolute atomic E-state index is 3.63. The molecule has 0 saturated carbocycles. The van der Waals surface area contributed by atoms with Crippen LogP contribution >= 0.6 is 12.4 Å². The largest absolute Gasteiger partial charge is 0.315 e. The number of rotatable bonds is 4. The molecule has 2 nitrogen and oxygen atoms in total. The van der Waals surface area contributed by atoms with Gasteiger partial charge in [0.1, 0.15) is 0 Å². The van der Waals surface area contributed by atoms with Gasteiger partial charge in [-0.05, 0) is 50.4 Å². The molecule has 1 atom stereocenters. The van der Waals surface area contributed by atoms with Gasteiger partial charge in [0.2, 0.25) is 0 Å². The second-order valence-corrected chi connectivity index (χ2v) is 4.67. The van der Waals surface area contributed by atoms with Crippen LogP contribution in [0.5, 0.6) is 0 Å². The molecule has 1 aliphatic heterocycles. The summed E-state index contributed by atoms with van der Waals surface area (Å²) in [6.45, 7) is 5.61. The van der Waals surface area contributed by atoms with E-state index in [-0.39, 0.29) is 12.4 Å². The highest BCUT2D eigenvalue weighted by atomic mass is 35.5. The van der Waals surface area contributed by atoms with E-state index in [4.69, 9.17) is 0 Å². The van der Waals surface area contributed by atoms with E-state index >= 15 is 0 Å². The zero-order valence-corrected chi connectivity index (χ0v) is 11.4. The molecule has 96 valence electrons. The quantitative estimate of drug-likeness (QED) is 0.862. The highest BCUT2D eigenvalue weighted by molar-refractivity contribution is 5.85. The van der Waals surface area contributed by atoms with E-state index < -0.39 is 0 Å². The third-order valence-corrected chi connectivity index (χ3v) is 3.39. The zero-order chi connectivity index (χ0) is 11.2. The highest BCUT2D eigenvalue weighted by Gasteiger charge is 2.11. The fourth-order valence-corrected chi connectivity index (χ4v) is 2.33. The van der Waals surface area contributed by atoms with E-state index in [9.17, 15) is 0 Å². The molecule has 0 bridgehead atoms. The van der Waals surface area contributed by atoms with Gasteiger partial charge in [0.05, 0.1) is 0 Å². The Labute approximate surface area is 111 Å². The van der Waals surface area contributed by atoms with Gasteiger partial charge in [0.15, 0.2) is 0 Å². The Morgan fingerprint density at radius 1 is 1.35 bits per heavy atom. The van der Waals surface area contributed by atoms with Crippen LogP contribution in [0, 0.1) is 6.92 Å². The van der Waals surface area contributed by atoms with Gasteiger partial charge >= 0.3 is 0 Å². The average molecular weight is 255 g/mol. The molecule has 1 aliphatic rings. The summed E-state index contributed by atoms with van der Waals surface area (Å²) in [5.74, 6) is 0. The second kappa shape index (κ2) is 7.70. The van der Waals surface area contributed by atoms with Crippen LogP contribution in [-0.2, 0) is 6.42 Å². The summed E-state index contributed by atoms with van der Waals surface area (Å²) in [5, 5.41) is 7.07. The molecular formula is C14H23ClN2. The van der Waals surface area contributed by atoms with Crippen LogP contribution < -0.4 is 10.6 Å². The zero-order valence-electron chi connectivity index (χ0n) is 10.5. The van der Waals surface area contributed by atoms with Crippen LogP contribution in [0.25, 0.3) is 0 Å². The first-order valence-electron chi connectivity index (χ1n) is 6.35. The Balaban J connectivity index is 0.00000144. The molecule has 0 aliphatic carbocycles. The maximum atomic E-state index is 3.63. The standard InChI is InChI=1S/C14H22N2.ClH/c1-12-5-2-3-6-13(12)8-10-16-14-7-4-9-15-11-14;/h2-3,5-6,14-16H,4,7-11H2,1H3;1H. The third-order valence-electron chi connectivity index (χ3n) is 3.39. The lowest BCUT2D eigenvalue weighted by atomic mass is 10.0. The number of benzene rings is 1. The van der Waals surface area contributed by atoms with Gasteiger partial charge in [0.25, 0.3) is 0 Å². The predicted octanol–water partition coefficient (Wildman–Crippen LogP) is 2.30. The van der Waals surface area contributed by atoms with E-state index in [1.54, 1.807) is 0 Å². The van der Waals surface area contributed by atoms with Crippen LogP contribution in [0.3, 0.4) is 0 Å². The van der Waals surface area contributed by atoms with Crippen molar-refractivity contribution < 1.29 is 0 Å². The molecule has 1 aromatic rings. The van der Waals surface area contributed by atoms with Crippen LogP contribution in [0.15, 0.2) is 24.3 Å². The van der Waals surface area contributed by atoms with Gasteiger partial charge < -0.3 is 10.6 Å². The lowest BCUT2D eigenvalue weighted by molar-refractivity contribution is 0.392. The van der Waals surface area contributed by atoms with Crippen molar-refractivity contribution in [3.8, 4) is 0 Å².